The SMILES string of the molecule is Fc1ccc(F)c(CC2CCCCC(Br)C2)c1. The van der Waals surface area contributed by atoms with Gasteiger partial charge in [0.2, 0.25) is 0 Å². The molecule has 0 spiro atoms. The molecule has 2 atom stereocenters. The summed E-state index contributed by atoms with van der Waals surface area (Å²) in [6, 6.07) is 3.75. The molecule has 0 heterocycles. The number of alkyl halides is 1. The highest BCUT2D eigenvalue weighted by Crippen LogP contribution is 2.30. The molecule has 94 valence electrons. The number of hydrogen-bond acceptors (Lipinski definition) is 0. The van der Waals surface area contributed by atoms with Crippen LogP contribution in [0.5, 0.6) is 0 Å². The smallest absolute Gasteiger partial charge is 0.126 e. The Hall–Kier alpha value is -0.440. The maximum Gasteiger partial charge on any atom is 0.126 e. The van der Waals surface area contributed by atoms with Gasteiger partial charge in [0.1, 0.15) is 11.6 Å². The van der Waals surface area contributed by atoms with E-state index in [1.807, 2.05) is 0 Å². The third kappa shape index (κ3) is 3.77. The molecule has 0 amide bonds. The highest BCUT2D eigenvalue weighted by Gasteiger charge is 2.19. The first kappa shape index (κ1) is 13.0. The molecule has 0 N–H and O–H groups in total. The third-order valence-electron chi connectivity index (χ3n) is 3.49. The average molecular weight is 303 g/mol. The number of hydrogen-bond donors (Lipinski definition) is 0. The highest BCUT2D eigenvalue weighted by atomic mass is 79.9. The molecule has 0 nitrogen and oxygen atoms in total. The number of halogens is 3. The van der Waals surface area contributed by atoms with Crippen molar-refractivity contribution < 1.29 is 8.78 Å². The molecule has 1 saturated carbocycles. The van der Waals surface area contributed by atoms with Crippen molar-refractivity contribution in [1.82, 2.24) is 0 Å². The van der Waals surface area contributed by atoms with E-state index in [2.05, 4.69) is 15.9 Å². The van der Waals surface area contributed by atoms with Gasteiger partial charge in [-0.1, -0.05) is 35.2 Å². The van der Waals surface area contributed by atoms with Gasteiger partial charge >= 0.3 is 0 Å². The van der Waals surface area contributed by atoms with Crippen molar-refractivity contribution in [3.05, 3.63) is 35.4 Å². The molecule has 1 aliphatic rings. The lowest BCUT2D eigenvalue weighted by Crippen LogP contribution is -2.09. The number of benzene rings is 1. The summed E-state index contributed by atoms with van der Waals surface area (Å²) in [6.45, 7) is 0. The zero-order valence-electron chi connectivity index (χ0n) is 9.76. The van der Waals surface area contributed by atoms with Crippen molar-refractivity contribution in [2.24, 2.45) is 5.92 Å². The summed E-state index contributed by atoms with van der Waals surface area (Å²) in [5.41, 5.74) is 0.525. The Morgan fingerprint density at radius 1 is 1.18 bits per heavy atom. The molecule has 17 heavy (non-hydrogen) atoms. The van der Waals surface area contributed by atoms with Crippen LogP contribution in [0.2, 0.25) is 0 Å². The lowest BCUT2D eigenvalue weighted by Gasteiger charge is -2.16. The standard InChI is InChI=1S/C14H17BrF2/c15-12-4-2-1-3-10(8-12)7-11-9-13(16)5-6-14(11)17/h5-6,9-10,12H,1-4,7-8H2. The molecule has 0 aliphatic heterocycles. The lowest BCUT2D eigenvalue weighted by atomic mass is 9.92. The van der Waals surface area contributed by atoms with Gasteiger partial charge in [-0.2, -0.15) is 0 Å². The van der Waals surface area contributed by atoms with Crippen LogP contribution in [0.4, 0.5) is 8.78 Å². The van der Waals surface area contributed by atoms with Crippen LogP contribution in [0.1, 0.15) is 37.7 Å². The summed E-state index contributed by atoms with van der Waals surface area (Å²) >= 11 is 3.66. The van der Waals surface area contributed by atoms with Crippen LogP contribution in [0.3, 0.4) is 0 Å². The molecular weight excluding hydrogens is 286 g/mol. The molecule has 0 aromatic heterocycles. The molecule has 0 bridgehead atoms. The van der Waals surface area contributed by atoms with E-state index in [-0.39, 0.29) is 11.6 Å². The van der Waals surface area contributed by atoms with E-state index in [0.717, 1.165) is 12.8 Å². The summed E-state index contributed by atoms with van der Waals surface area (Å²) in [5.74, 6) is -0.148. The average Bonchev–Trinajstić information content (AvgIpc) is 2.48. The van der Waals surface area contributed by atoms with Gasteiger partial charge in [0.15, 0.2) is 0 Å². The van der Waals surface area contributed by atoms with Gasteiger partial charge in [0, 0.05) is 4.83 Å². The monoisotopic (exact) mass is 302 g/mol. The van der Waals surface area contributed by atoms with Gasteiger partial charge in [0.05, 0.1) is 0 Å². The van der Waals surface area contributed by atoms with Crippen molar-refractivity contribution in [3.8, 4) is 0 Å². The van der Waals surface area contributed by atoms with Crippen molar-refractivity contribution in [2.45, 2.75) is 43.4 Å². The van der Waals surface area contributed by atoms with E-state index in [0.29, 0.717) is 22.7 Å². The van der Waals surface area contributed by atoms with Gasteiger partial charge in [0.25, 0.3) is 0 Å². The normalized spacial score (nSPS) is 25.6. The fourth-order valence-corrected chi connectivity index (χ4v) is 3.44. The molecule has 1 aromatic carbocycles. The first-order valence-corrected chi connectivity index (χ1v) is 7.14. The summed E-state index contributed by atoms with van der Waals surface area (Å²) in [5, 5.41) is 0. The minimum absolute atomic E-state index is 0.276. The second kappa shape index (κ2) is 5.94. The Morgan fingerprint density at radius 3 is 2.76 bits per heavy atom. The van der Waals surface area contributed by atoms with Gasteiger partial charge < -0.3 is 0 Å². The zero-order chi connectivity index (χ0) is 12.3. The second-order valence-electron chi connectivity index (χ2n) is 4.92. The molecule has 1 fully saturated rings. The largest absolute Gasteiger partial charge is 0.207 e. The van der Waals surface area contributed by atoms with Crippen LogP contribution in [0, 0.1) is 17.6 Å². The Labute approximate surface area is 110 Å². The van der Waals surface area contributed by atoms with Crippen LogP contribution in [0.25, 0.3) is 0 Å². The molecule has 2 unspecified atom stereocenters. The van der Waals surface area contributed by atoms with Crippen molar-refractivity contribution in [3.63, 3.8) is 0 Å². The molecular formula is C14H17BrF2. The van der Waals surface area contributed by atoms with Crippen molar-refractivity contribution in [1.29, 1.82) is 0 Å². The molecule has 3 heteroatoms. The topological polar surface area (TPSA) is 0 Å². The quantitative estimate of drug-likeness (QED) is 0.541. The van der Waals surface area contributed by atoms with Crippen LogP contribution in [-0.4, -0.2) is 4.83 Å². The van der Waals surface area contributed by atoms with Crippen LogP contribution in [0.15, 0.2) is 18.2 Å². The van der Waals surface area contributed by atoms with Gasteiger partial charge in [-0.25, -0.2) is 8.78 Å². The second-order valence-corrected chi connectivity index (χ2v) is 6.22. The van der Waals surface area contributed by atoms with Gasteiger partial charge in [-0.05, 0) is 48.9 Å². The third-order valence-corrected chi connectivity index (χ3v) is 4.32. The Kier molecular flexibility index (Phi) is 4.55. The minimum atomic E-state index is -0.342. The maximum absolute atomic E-state index is 13.5. The van der Waals surface area contributed by atoms with Gasteiger partial charge in [-0.3, -0.25) is 0 Å². The van der Waals surface area contributed by atoms with Crippen LogP contribution in [-0.2, 0) is 6.42 Å². The lowest BCUT2D eigenvalue weighted by molar-refractivity contribution is 0.451. The van der Waals surface area contributed by atoms with Crippen molar-refractivity contribution in [2.75, 3.05) is 0 Å². The van der Waals surface area contributed by atoms with Crippen molar-refractivity contribution >= 4 is 15.9 Å². The highest BCUT2D eigenvalue weighted by molar-refractivity contribution is 9.09. The van der Waals surface area contributed by atoms with E-state index in [9.17, 15) is 8.78 Å². The fourth-order valence-electron chi connectivity index (χ4n) is 2.59. The maximum atomic E-state index is 13.5. The summed E-state index contributed by atoms with van der Waals surface area (Å²) in [6.07, 6.45) is 6.48. The molecule has 0 radical (unpaired) electrons. The van der Waals surface area contributed by atoms with Crippen LogP contribution >= 0.6 is 15.9 Å². The summed E-state index contributed by atoms with van der Waals surface area (Å²) in [4.78, 5) is 0.534. The van der Waals surface area contributed by atoms with E-state index in [1.165, 1.54) is 37.5 Å². The van der Waals surface area contributed by atoms with E-state index in [4.69, 9.17) is 0 Å². The van der Waals surface area contributed by atoms with E-state index in [1.54, 1.807) is 0 Å². The van der Waals surface area contributed by atoms with Crippen LogP contribution < -0.4 is 0 Å². The minimum Gasteiger partial charge on any atom is -0.207 e. The Bertz CT molecular complexity index is 378. The first-order valence-electron chi connectivity index (χ1n) is 6.23. The van der Waals surface area contributed by atoms with E-state index >= 15 is 0 Å². The molecule has 2 rings (SSSR count). The zero-order valence-corrected chi connectivity index (χ0v) is 11.3. The fraction of sp³-hybridized carbons (Fsp3) is 0.571. The molecule has 1 aromatic rings. The molecule has 0 saturated heterocycles. The summed E-state index contributed by atoms with van der Waals surface area (Å²) < 4.78 is 26.6. The molecule has 1 aliphatic carbocycles. The predicted molar refractivity (Wildman–Crippen MR) is 69.4 cm³/mol. The number of rotatable bonds is 2. The predicted octanol–water partition coefficient (Wildman–Crippen LogP) is 4.85. The van der Waals surface area contributed by atoms with Gasteiger partial charge in [-0.15, -0.1) is 0 Å². The van der Waals surface area contributed by atoms with E-state index < -0.39 is 0 Å². The Balaban J connectivity index is 2.06. The first-order chi connectivity index (χ1) is 8.15. The summed E-state index contributed by atoms with van der Waals surface area (Å²) in [7, 11) is 0. The Morgan fingerprint density at radius 2 is 1.94 bits per heavy atom.